The van der Waals surface area contributed by atoms with Crippen LogP contribution in [0.2, 0.25) is 5.02 Å². The van der Waals surface area contributed by atoms with Crippen LogP contribution in [0.1, 0.15) is 23.4 Å². The predicted molar refractivity (Wildman–Crippen MR) is 103 cm³/mol. The van der Waals surface area contributed by atoms with Gasteiger partial charge in [0.05, 0.1) is 5.69 Å². The van der Waals surface area contributed by atoms with Gasteiger partial charge in [-0.1, -0.05) is 23.4 Å². The van der Waals surface area contributed by atoms with Crippen LogP contribution in [0.5, 0.6) is 0 Å². The molecule has 144 valence electrons. The Morgan fingerprint density at radius 2 is 1.93 bits per heavy atom. The summed E-state index contributed by atoms with van der Waals surface area (Å²) >= 11 is 7.10. The summed E-state index contributed by atoms with van der Waals surface area (Å²) in [6.07, 6.45) is 2.40. The molecule has 1 amide bonds. The second kappa shape index (κ2) is 9.66. The highest BCUT2D eigenvalue weighted by molar-refractivity contribution is 7.98. The molecule has 0 aliphatic rings. The Labute approximate surface area is 165 Å². The normalized spacial score (nSPS) is 10.6. The zero-order valence-corrected chi connectivity index (χ0v) is 16.7. The summed E-state index contributed by atoms with van der Waals surface area (Å²) in [5.41, 5.74) is 2.49. The van der Waals surface area contributed by atoms with Crippen molar-refractivity contribution < 1.29 is 18.7 Å². The summed E-state index contributed by atoms with van der Waals surface area (Å²) in [7, 11) is 0. The fraction of sp³-hybridized carbons (Fsp3) is 0.333. The Hall–Kier alpha value is -2.19. The van der Waals surface area contributed by atoms with Crippen molar-refractivity contribution in [2.75, 3.05) is 18.2 Å². The molecule has 27 heavy (non-hydrogen) atoms. The first-order chi connectivity index (χ1) is 12.8. The summed E-state index contributed by atoms with van der Waals surface area (Å²) in [5.74, 6) is -1.83. The van der Waals surface area contributed by atoms with Crippen molar-refractivity contribution in [3.05, 3.63) is 46.0 Å². The maximum Gasteiger partial charge on any atom is 0.306 e. The Kier molecular flexibility index (Phi) is 7.55. The first-order valence-corrected chi connectivity index (χ1v) is 9.69. The molecule has 0 bridgehead atoms. The number of carbonyl (C=O) groups excluding carboxylic acids is 2. The number of thioether (sulfide) groups is 1. The number of hydrogen-bond acceptors (Lipinski definition) is 6. The fourth-order valence-corrected chi connectivity index (χ4v) is 3.00. The number of aromatic nitrogens is 2. The third-order valence-corrected chi connectivity index (χ3v) is 4.51. The van der Waals surface area contributed by atoms with E-state index in [0.717, 1.165) is 23.0 Å². The van der Waals surface area contributed by atoms with Crippen LogP contribution in [-0.2, 0) is 20.7 Å². The van der Waals surface area contributed by atoms with Gasteiger partial charge in [0.2, 0.25) is 0 Å². The minimum Gasteiger partial charge on any atom is -0.456 e. The number of anilines is 1. The average molecular weight is 412 g/mol. The number of ether oxygens (including phenoxy) is 1. The van der Waals surface area contributed by atoms with Crippen LogP contribution < -0.4 is 5.32 Å². The van der Waals surface area contributed by atoms with Gasteiger partial charge >= 0.3 is 5.97 Å². The molecular formula is C18H19ClFN3O3S. The number of halogens is 2. The Bertz CT molecular complexity index is 841. The topological polar surface area (TPSA) is 81.2 Å². The molecule has 2 aromatic rings. The number of esters is 1. The Balaban J connectivity index is 1.83. The molecule has 1 aromatic carbocycles. The van der Waals surface area contributed by atoms with E-state index in [2.05, 4.69) is 15.3 Å². The van der Waals surface area contributed by atoms with Crippen LogP contribution in [-0.4, -0.2) is 34.7 Å². The van der Waals surface area contributed by atoms with E-state index < -0.39 is 24.3 Å². The highest BCUT2D eigenvalue weighted by Gasteiger charge is 2.13. The van der Waals surface area contributed by atoms with Gasteiger partial charge in [-0.3, -0.25) is 9.59 Å². The molecule has 1 aromatic heterocycles. The molecule has 1 heterocycles. The van der Waals surface area contributed by atoms with Crippen LogP contribution in [0.25, 0.3) is 0 Å². The minimum atomic E-state index is -0.665. The Morgan fingerprint density at radius 3 is 2.52 bits per heavy atom. The molecule has 6 nitrogen and oxygen atoms in total. The molecule has 9 heteroatoms. The fourth-order valence-electron chi connectivity index (χ4n) is 2.38. The van der Waals surface area contributed by atoms with Crippen molar-refractivity contribution in [1.82, 2.24) is 9.97 Å². The number of hydrogen-bond donors (Lipinski definition) is 1. The molecule has 0 radical (unpaired) electrons. The summed E-state index contributed by atoms with van der Waals surface area (Å²) in [6.45, 7) is 3.23. The second-order valence-electron chi connectivity index (χ2n) is 5.69. The van der Waals surface area contributed by atoms with Gasteiger partial charge < -0.3 is 10.1 Å². The number of nitrogens with zero attached hydrogens (tertiary/aromatic N) is 2. The number of rotatable bonds is 7. The van der Waals surface area contributed by atoms with Crippen molar-refractivity contribution in [3.8, 4) is 0 Å². The lowest BCUT2D eigenvalue weighted by molar-refractivity contribution is -0.147. The SMILES string of the molecule is CSc1nc(C)c(CCC(=O)OCC(=O)Nc2ccc(Cl)cc2F)c(C)n1. The van der Waals surface area contributed by atoms with Crippen LogP contribution >= 0.6 is 23.4 Å². The minimum absolute atomic E-state index is 0.0299. The van der Waals surface area contributed by atoms with Crippen LogP contribution in [0.15, 0.2) is 23.4 Å². The molecule has 0 unspecified atom stereocenters. The zero-order valence-electron chi connectivity index (χ0n) is 15.1. The van der Waals surface area contributed by atoms with E-state index in [1.807, 2.05) is 20.1 Å². The van der Waals surface area contributed by atoms with Crippen LogP contribution in [0, 0.1) is 19.7 Å². The number of benzene rings is 1. The van der Waals surface area contributed by atoms with Crippen molar-refractivity contribution in [3.63, 3.8) is 0 Å². The summed E-state index contributed by atoms with van der Waals surface area (Å²) in [4.78, 5) is 32.4. The maximum absolute atomic E-state index is 13.6. The maximum atomic E-state index is 13.6. The van der Waals surface area contributed by atoms with Gasteiger partial charge in [0.15, 0.2) is 11.8 Å². The van der Waals surface area contributed by atoms with E-state index in [1.165, 1.54) is 23.9 Å². The highest BCUT2D eigenvalue weighted by atomic mass is 35.5. The van der Waals surface area contributed by atoms with Gasteiger partial charge in [0.25, 0.3) is 5.91 Å². The first kappa shape index (κ1) is 21.1. The molecule has 0 aliphatic heterocycles. The standard InChI is InChI=1S/C18H19ClFN3O3S/c1-10-13(11(2)22-18(21-10)27-3)5-7-17(25)26-9-16(24)23-15-6-4-12(19)8-14(15)20/h4,6,8H,5,7,9H2,1-3H3,(H,23,24). The molecule has 0 saturated heterocycles. The molecule has 0 fully saturated rings. The van der Waals surface area contributed by atoms with Gasteiger partial charge in [-0.25, -0.2) is 14.4 Å². The van der Waals surface area contributed by atoms with E-state index in [0.29, 0.717) is 11.6 Å². The number of amides is 1. The number of nitrogens with one attached hydrogen (secondary N) is 1. The lowest BCUT2D eigenvalue weighted by Gasteiger charge is -2.10. The van der Waals surface area contributed by atoms with E-state index >= 15 is 0 Å². The summed E-state index contributed by atoms with van der Waals surface area (Å²) in [5, 5.41) is 3.23. The lowest BCUT2D eigenvalue weighted by Crippen LogP contribution is -2.21. The summed E-state index contributed by atoms with van der Waals surface area (Å²) < 4.78 is 18.6. The van der Waals surface area contributed by atoms with E-state index in [9.17, 15) is 14.0 Å². The Morgan fingerprint density at radius 1 is 1.26 bits per heavy atom. The first-order valence-electron chi connectivity index (χ1n) is 8.08. The van der Waals surface area contributed by atoms with Gasteiger partial charge in [-0.2, -0.15) is 0 Å². The predicted octanol–water partition coefficient (Wildman–Crippen LogP) is 3.72. The van der Waals surface area contributed by atoms with Crippen molar-refractivity contribution in [2.24, 2.45) is 0 Å². The molecule has 0 saturated carbocycles. The second-order valence-corrected chi connectivity index (χ2v) is 6.90. The van der Waals surface area contributed by atoms with Crippen molar-refractivity contribution >= 4 is 40.9 Å². The van der Waals surface area contributed by atoms with Gasteiger partial charge in [0, 0.05) is 22.8 Å². The van der Waals surface area contributed by atoms with E-state index in [4.69, 9.17) is 16.3 Å². The molecule has 0 spiro atoms. The van der Waals surface area contributed by atoms with Gasteiger partial charge in [-0.15, -0.1) is 0 Å². The van der Waals surface area contributed by atoms with Crippen molar-refractivity contribution in [1.29, 1.82) is 0 Å². The van der Waals surface area contributed by atoms with E-state index in [-0.39, 0.29) is 17.1 Å². The van der Waals surface area contributed by atoms with E-state index in [1.54, 1.807) is 0 Å². The highest BCUT2D eigenvalue weighted by Crippen LogP contribution is 2.19. The monoisotopic (exact) mass is 411 g/mol. The average Bonchev–Trinajstić information content (AvgIpc) is 2.61. The smallest absolute Gasteiger partial charge is 0.306 e. The molecule has 2 rings (SSSR count). The third-order valence-electron chi connectivity index (χ3n) is 3.73. The lowest BCUT2D eigenvalue weighted by atomic mass is 10.1. The molecular weight excluding hydrogens is 393 g/mol. The number of aryl methyl sites for hydroxylation is 2. The molecule has 1 N–H and O–H groups in total. The van der Waals surface area contributed by atoms with Crippen LogP contribution in [0.3, 0.4) is 0 Å². The molecule has 0 atom stereocenters. The van der Waals surface area contributed by atoms with Crippen molar-refractivity contribution in [2.45, 2.75) is 31.8 Å². The largest absolute Gasteiger partial charge is 0.456 e. The summed E-state index contributed by atoms with van der Waals surface area (Å²) in [6, 6.07) is 3.86. The zero-order chi connectivity index (χ0) is 20.0. The third kappa shape index (κ3) is 6.18. The van der Waals surface area contributed by atoms with Gasteiger partial charge in [-0.05, 0) is 50.3 Å². The molecule has 0 aliphatic carbocycles. The number of carbonyl (C=O) groups is 2. The van der Waals surface area contributed by atoms with Crippen LogP contribution in [0.4, 0.5) is 10.1 Å². The quantitative estimate of drug-likeness (QED) is 0.425. The van der Waals surface area contributed by atoms with Gasteiger partial charge in [0.1, 0.15) is 5.82 Å².